The largest absolute Gasteiger partial charge is 0.465 e. The Balaban J connectivity index is 2.37. The molecule has 0 saturated heterocycles. The highest BCUT2D eigenvalue weighted by Crippen LogP contribution is 2.26. The van der Waals surface area contributed by atoms with E-state index in [0.717, 1.165) is 6.20 Å². The second-order valence-electron chi connectivity index (χ2n) is 3.50. The molecule has 0 spiro atoms. The average molecular weight is 239 g/mol. The first-order valence-electron chi connectivity index (χ1n) is 4.78. The molecule has 0 bridgehead atoms. The Morgan fingerprint density at radius 2 is 2.47 bits per heavy atom. The zero-order valence-electron chi connectivity index (χ0n) is 8.62. The minimum Gasteiger partial charge on any atom is -0.465 e. The minimum atomic E-state index is -1.21. The molecule has 1 aromatic rings. The van der Waals surface area contributed by atoms with E-state index in [-0.39, 0.29) is 18.9 Å². The van der Waals surface area contributed by atoms with Crippen LogP contribution in [0.15, 0.2) is 12.3 Å². The van der Waals surface area contributed by atoms with Crippen LogP contribution in [0.3, 0.4) is 0 Å². The van der Waals surface area contributed by atoms with Gasteiger partial charge in [-0.25, -0.2) is 4.79 Å². The number of hydrogen-bond donors (Lipinski definition) is 2. The van der Waals surface area contributed by atoms with Crippen molar-refractivity contribution in [3.63, 3.8) is 0 Å². The molecule has 0 radical (unpaired) electrons. The van der Waals surface area contributed by atoms with Gasteiger partial charge in [0, 0.05) is 11.6 Å². The summed E-state index contributed by atoms with van der Waals surface area (Å²) in [6, 6.07) is 0.703. The molecule has 1 aliphatic heterocycles. The van der Waals surface area contributed by atoms with Crippen molar-refractivity contribution in [3.05, 3.63) is 33.6 Å². The number of nitro groups is 1. The van der Waals surface area contributed by atoms with Crippen LogP contribution in [0.4, 0.5) is 10.5 Å². The third kappa shape index (κ3) is 2.31. The van der Waals surface area contributed by atoms with Gasteiger partial charge in [-0.2, -0.15) is 0 Å². The van der Waals surface area contributed by atoms with Gasteiger partial charge in [-0.1, -0.05) is 0 Å². The maximum atomic E-state index is 10.6. The molecule has 8 nitrogen and oxygen atoms in total. The lowest BCUT2D eigenvalue weighted by atomic mass is 10.0. The lowest BCUT2D eigenvalue weighted by Gasteiger charge is -2.24. The first-order chi connectivity index (χ1) is 8.08. The molecule has 1 amide bonds. The normalized spacial score (nSPS) is 18.2. The zero-order valence-corrected chi connectivity index (χ0v) is 8.62. The van der Waals surface area contributed by atoms with E-state index >= 15 is 0 Å². The number of rotatable bonds is 2. The Bertz CT molecular complexity index is 476. The number of ether oxygens (including phenoxy) is 1. The third-order valence-corrected chi connectivity index (χ3v) is 2.40. The van der Waals surface area contributed by atoms with Gasteiger partial charge in [-0.15, -0.1) is 0 Å². The predicted molar refractivity (Wildman–Crippen MR) is 54.4 cm³/mol. The molecule has 0 aliphatic carbocycles. The average Bonchev–Trinajstić information content (AvgIpc) is 2.28. The van der Waals surface area contributed by atoms with Crippen molar-refractivity contribution < 1.29 is 19.6 Å². The van der Waals surface area contributed by atoms with Gasteiger partial charge in [0.1, 0.15) is 6.20 Å². The van der Waals surface area contributed by atoms with E-state index in [1.165, 1.54) is 6.07 Å². The number of nitrogens with one attached hydrogen (secondary N) is 1. The Morgan fingerprint density at radius 1 is 1.71 bits per heavy atom. The van der Waals surface area contributed by atoms with E-state index in [9.17, 15) is 14.9 Å². The summed E-state index contributed by atoms with van der Waals surface area (Å²) in [7, 11) is 0. The summed E-state index contributed by atoms with van der Waals surface area (Å²) in [5.74, 6) is 0. The Labute approximate surface area is 95.4 Å². The zero-order chi connectivity index (χ0) is 12.4. The first kappa shape index (κ1) is 11.3. The summed E-state index contributed by atoms with van der Waals surface area (Å²) in [4.78, 5) is 24.5. The Hall–Kier alpha value is -2.22. The molecule has 0 saturated carbocycles. The lowest BCUT2D eigenvalue weighted by Crippen LogP contribution is -2.33. The molecular weight excluding hydrogens is 230 g/mol. The van der Waals surface area contributed by atoms with Gasteiger partial charge in [0.25, 0.3) is 5.69 Å². The summed E-state index contributed by atoms with van der Waals surface area (Å²) in [6.45, 7) is 0.368. The van der Waals surface area contributed by atoms with Crippen molar-refractivity contribution in [1.29, 1.82) is 0 Å². The van der Waals surface area contributed by atoms with Crippen LogP contribution in [0.2, 0.25) is 0 Å². The summed E-state index contributed by atoms with van der Waals surface area (Å²) in [5, 5.41) is 21.5. The van der Waals surface area contributed by atoms with Crippen LogP contribution in [0, 0.1) is 10.1 Å². The van der Waals surface area contributed by atoms with Crippen molar-refractivity contribution >= 4 is 11.8 Å². The number of carboxylic acid groups (broad SMARTS) is 1. The minimum absolute atomic E-state index is 0.141. The second-order valence-corrected chi connectivity index (χ2v) is 3.50. The summed E-state index contributed by atoms with van der Waals surface area (Å²) >= 11 is 0. The van der Waals surface area contributed by atoms with Crippen LogP contribution in [0.1, 0.15) is 17.3 Å². The van der Waals surface area contributed by atoms with Crippen LogP contribution in [-0.4, -0.2) is 27.7 Å². The van der Waals surface area contributed by atoms with E-state index < -0.39 is 17.1 Å². The maximum absolute atomic E-state index is 10.6. The molecule has 8 heteroatoms. The van der Waals surface area contributed by atoms with Gasteiger partial charge >= 0.3 is 6.09 Å². The van der Waals surface area contributed by atoms with E-state index in [2.05, 4.69) is 10.3 Å². The molecule has 0 fully saturated rings. The summed E-state index contributed by atoms with van der Waals surface area (Å²) < 4.78 is 5.15. The highest BCUT2D eigenvalue weighted by atomic mass is 16.6. The number of amides is 1. The molecule has 2 heterocycles. The Kier molecular flexibility index (Phi) is 2.88. The number of pyridine rings is 1. The molecular formula is C9H9N3O5. The van der Waals surface area contributed by atoms with Gasteiger partial charge in [0.15, 0.2) is 0 Å². The number of hydrogen-bond acceptors (Lipinski definition) is 5. The van der Waals surface area contributed by atoms with Crippen molar-refractivity contribution in [2.45, 2.75) is 12.6 Å². The van der Waals surface area contributed by atoms with E-state index in [4.69, 9.17) is 9.84 Å². The molecule has 0 aromatic carbocycles. The van der Waals surface area contributed by atoms with Crippen molar-refractivity contribution in [3.8, 4) is 0 Å². The molecule has 90 valence electrons. The topological polar surface area (TPSA) is 115 Å². The number of fused-ring (bicyclic) bond motifs is 1. The summed E-state index contributed by atoms with van der Waals surface area (Å²) in [5.41, 5.74) is 0.844. The lowest BCUT2D eigenvalue weighted by molar-refractivity contribution is -0.385. The maximum Gasteiger partial charge on any atom is 0.405 e. The molecule has 2 rings (SSSR count). The standard InChI is InChI=1S/C9H9N3O5/c13-9(14)11-8-4-17-3-7-6(8)1-5(2-10-7)12(15)16/h1-2,8,11H,3-4H2,(H,13,14). The van der Waals surface area contributed by atoms with Gasteiger partial charge < -0.3 is 15.2 Å². The highest BCUT2D eigenvalue weighted by molar-refractivity contribution is 5.65. The molecule has 1 atom stereocenters. The van der Waals surface area contributed by atoms with E-state index in [0.29, 0.717) is 11.3 Å². The quantitative estimate of drug-likeness (QED) is 0.583. The number of nitrogens with zero attached hydrogens (tertiary/aromatic N) is 2. The van der Waals surface area contributed by atoms with Crippen molar-refractivity contribution in [2.75, 3.05) is 6.61 Å². The molecule has 17 heavy (non-hydrogen) atoms. The fourth-order valence-corrected chi connectivity index (χ4v) is 1.65. The van der Waals surface area contributed by atoms with E-state index in [1.54, 1.807) is 0 Å². The third-order valence-electron chi connectivity index (χ3n) is 2.40. The molecule has 2 N–H and O–H groups in total. The van der Waals surface area contributed by atoms with Gasteiger partial charge in [-0.05, 0) is 0 Å². The second kappa shape index (κ2) is 4.34. The van der Waals surface area contributed by atoms with Crippen molar-refractivity contribution in [2.24, 2.45) is 0 Å². The Morgan fingerprint density at radius 3 is 3.12 bits per heavy atom. The monoisotopic (exact) mass is 239 g/mol. The van der Waals surface area contributed by atoms with Crippen LogP contribution in [0.25, 0.3) is 0 Å². The SMILES string of the molecule is O=C(O)NC1COCc2ncc([N+](=O)[O-])cc21. The first-order valence-corrected chi connectivity index (χ1v) is 4.78. The summed E-state index contributed by atoms with van der Waals surface area (Å²) in [6.07, 6.45) is -0.0799. The number of aromatic nitrogens is 1. The van der Waals surface area contributed by atoms with Crippen LogP contribution in [0.5, 0.6) is 0 Å². The smallest absolute Gasteiger partial charge is 0.405 e. The fourth-order valence-electron chi connectivity index (χ4n) is 1.65. The van der Waals surface area contributed by atoms with Crippen LogP contribution >= 0.6 is 0 Å². The van der Waals surface area contributed by atoms with Crippen LogP contribution < -0.4 is 5.32 Å². The van der Waals surface area contributed by atoms with Crippen molar-refractivity contribution in [1.82, 2.24) is 10.3 Å². The fraction of sp³-hybridized carbons (Fsp3) is 0.333. The highest BCUT2D eigenvalue weighted by Gasteiger charge is 2.25. The van der Waals surface area contributed by atoms with Crippen LogP contribution in [-0.2, 0) is 11.3 Å². The predicted octanol–water partition coefficient (Wildman–Crippen LogP) is 0.829. The van der Waals surface area contributed by atoms with Gasteiger partial charge in [0.05, 0.1) is 29.9 Å². The number of carbonyl (C=O) groups is 1. The molecule has 1 aliphatic rings. The van der Waals surface area contributed by atoms with Gasteiger partial charge in [0.2, 0.25) is 0 Å². The molecule has 1 aromatic heterocycles. The van der Waals surface area contributed by atoms with E-state index in [1.807, 2.05) is 0 Å². The van der Waals surface area contributed by atoms with Gasteiger partial charge in [-0.3, -0.25) is 15.1 Å². The molecule has 1 unspecified atom stereocenters.